The Bertz CT molecular complexity index is 1100. The average Bonchev–Trinajstić information content (AvgIpc) is 2.65. The lowest BCUT2D eigenvalue weighted by atomic mass is 10.2. The number of anilines is 2. The fraction of sp³-hybridized carbons (Fsp3) is 0.0952. The number of sulfonamides is 1. The lowest BCUT2D eigenvalue weighted by molar-refractivity contribution is -0.114. The number of hydrogen-bond acceptors (Lipinski definition) is 4. The van der Waals surface area contributed by atoms with Crippen LogP contribution in [-0.4, -0.2) is 14.3 Å². The van der Waals surface area contributed by atoms with Crippen LogP contribution in [0.5, 0.6) is 0 Å². The summed E-state index contributed by atoms with van der Waals surface area (Å²) in [6, 6.07) is 21.6. The maximum Gasteiger partial charge on any atom is 0.261 e. The monoisotopic (exact) mass is 412 g/mol. The summed E-state index contributed by atoms with van der Waals surface area (Å²) in [6.45, 7) is 3.16. The van der Waals surface area contributed by atoms with E-state index in [1.54, 1.807) is 31.2 Å². The van der Waals surface area contributed by atoms with E-state index in [9.17, 15) is 13.2 Å². The molecule has 0 heterocycles. The highest BCUT2D eigenvalue weighted by molar-refractivity contribution is 7.99. The first-order valence-corrected chi connectivity index (χ1v) is 10.9. The molecule has 0 spiro atoms. The van der Waals surface area contributed by atoms with Gasteiger partial charge in [-0.25, -0.2) is 8.42 Å². The first-order valence-electron chi connectivity index (χ1n) is 8.58. The molecule has 0 fully saturated rings. The van der Waals surface area contributed by atoms with Crippen LogP contribution in [0.1, 0.15) is 12.5 Å². The highest BCUT2D eigenvalue weighted by Crippen LogP contribution is 2.34. The van der Waals surface area contributed by atoms with Crippen LogP contribution in [0.15, 0.2) is 87.5 Å². The van der Waals surface area contributed by atoms with Crippen LogP contribution >= 0.6 is 11.8 Å². The summed E-state index contributed by atoms with van der Waals surface area (Å²) >= 11 is 1.49. The Labute approximate surface area is 169 Å². The van der Waals surface area contributed by atoms with E-state index in [2.05, 4.69) is 10.0 Å². The highest BCUT2D eigenvalue weighted by atomic mass is 32.2. The molecule has 0 aliphatic carbocycles. The molecular formula is C21H20N2O3S2. The van der Waals surface area contributed by atoms with Gasteiger partial charge in [0.2, 0.25) is 5.91 Å². The van der Waals surface area contributed by atoms with Crippen molar-refractivity contribution in [1.82, 2.24) is 0 Å². The Morgan fingerprint density at radius 2 is 1.57 bits per heavy atom. The molecule has 3 aromatic carbocycles. The van der Waals surface area contributed by atoms with Gasteiger partial charge in [-0.3, -0.25) is 9.52 Å². The maximum absolute atomic E-state index is 12.9. The van der Waals surface area contributed by atoms with Gasteiger partial charge < -0.3 is 5.32 Å². The largest absolute Gasteiger partial charge is 0.326 e. The molecule has 0 atom stereocenters. The molecule has 2 N–H and O–H groups in total. The zero-order valence-electron chi connectivity index (χ0n) is 15.5. The Balaban J connectivity index is 1.87. The Kier molecular flexibility index (Phi) is 6.06. The van der Waals surface area contributed by atoms with Gasteiger partial charge in [0.15, 0.2) is 0 Å². The Morgan fingerprint density at radius 3 is 2.25 bits per heavy atom. The molecule has 28 heavy (non-hydrogen) atoms. The Morgan fingerprint density at radius 1 is 0.893 bits per heavy atom. The summed E-state index contributed by atoms with van der Waals surface area (Å²) < 4.78 is 28.4. The molecule has 3 aromatic rings. The van der Waals surface area contributed by atoms with Crippen molar-refractivity contribution >= 4 is 39.1 Å². The highest BCUT2D eigenvalue weighted by Gasteiger charge is 2.17. The van der Waals surface area contributed by atoms with Gasteiger partial charge in [-0.05, 0) is 55.0 Å². The van der Waals surface area contributed by atoms with Crippen LogP contribution in [0.3, 0.4) is 0 Å². The fourth-order valence-corrected chi connectivity index (χ4v) is 4.74. The zero-order valence-corrected chi connectivity index (χ0v) is 17.1. The van der Waals surface area contributed by atoms with Crippen molar-refractivity contribution in [1.29, 1.82) is 0 Å². The molecule has 144 valence electrons. The molecule has 0 bridgehead atoms. The predicted molar refractivity (Wildman–Crippen MR) is 113 cm³/mol. The minimum atomic E-state index is -3.77. The molecule has 0 aromatic heterocycles. The number of amides is 1. The van der Waals surface area contributed by atoms with Crippen LogP contribution in [0.25, 0.3) is 0 Å². The summed E-state index contributed by atoms with van der Waals surface area (Å²) in [5, 5.41) is 2.68. The molecule has 5 nitrogen and oxygen atoms in total. The van der Waals surface area contributed by atoms with E-state index in [1.807, 2.05) is 42.5 Å². The minimum Gasteiger partial charge on any atom is -0.326 e. The van der Waals surface area contributed by atoms with Crippen LogP contribution in [-0.2, 0) is 14.8 Å². The molecule has 0 saturated heterocycles. The van der Waals surface area contributed by atoms with E-state index < -0.39 is 10.0 Å². The predicted octanol–water partition coefficient (Wildman–Crippen LogP) is 4.91. The van der Waals surface area contributed by atoms with Crippen molar-refractivity contribution in [3.05, 3.63) is 78.4 Å². The van der Waals surface area contributed by atoms with E-state index in [4.69, 9.17) is 0 Å². The summed E-state index contributed by atoms with van der Waals surface area (Å²) in [5.74, 6) is -0.205. The molecule has 0 radical (unpaired) electrons. The number of carbonyl (C=O) groups is 1. The summed E-state index contributed by atoms with van der Waals surface area (Å²) in [6.07, 6.45) is 0. The van der Waals surface area contributed by atoms with Crippen LogP contribution in [0, 0.1) is 6.92 Å². The second kappa shape index (κ2) is 8.50. The average molecular weight is 413 g/mol. The summed E-state index contributed by atoms with van der Waals surface area (Å²) in [7, 11) is -3.77. The molecule has 7 heteroatoms. The number of rotatable bonds is 6. The molecule has 0 unspecified atom stereocenters. The lowest BCUT2D eigenvalue weighted by Crippen LogP contribution is -2.14. The first-order chi connectivity index (χ1) is 13.3. The molecular weight excluding hydrogens is 392 g/mol. The van der Waals surface area contributed by atoms with Crippen molar-refractivity contribution in [3.8, 4) is 0 Å². The maximum atomic E-state index is 12.9. The van der Waals surface area contributed by atoms with Gasteiger partial charge in [0.1, 0.15) is 0 Å². The number of benzene rings is 3. The number of nitrogens with one attached hydrogen (secondary N) is 2. The smallest absolute Gasteiger partial charge is 0.261 e. The van der Waals surface area contributed by atoms with E-state index in [0.717, 1.165) is 9.79 Å². The Hall–Kier alpha value is -2.77. The van der Waals surface area contributed by atoms with Crippen molar-refractivity contribution in [2.75, 3.05) is 10.0 Å². The topological polar surface area (TPSA) is 75.3 Å². The quantitative estimate of drug-likeness (QED) is 0.603. The third-order valence-corrected chi connectivity index (χ3v) is 6.37. The lowest BCUT2D eigenvalue weighted by Gasteiger charge is -2.14. The van der Waals surface area contributed by atoms with Gasteiger partial charge in [0.05, 0.1) is 10.6 Å². The van der Waals surface area contributed by atoms with E-state index >= 15 is 0 Å². The molecule has 0 aliphatic heterocycles. The molecule has 1 amide bonds. The fourth-order valence-electron chi connectivity index (χ4n) is 2.59. The van der Waals surface area contributed by atoms with Crippen LogP contribution in [0.2, 0.25) is 0 Å². The number of hydrogen-bond donors (Lipinski definition) is 2. The van der Waals surface area contributed by atoms with Crippen LogP contribution in [0.4, 0.5) is 11.4 Å². The first kappa shape index (κ1) is 20.0. The zero-order chi connectivity index (χ0) is 20.1. The number of aryl methyl sites for hydroxylation is 1. The SMILES string of the molecule is CC(=O)Nc1ccc(S(=O)(=O)Nc2ccccc2Sc2ccccc2)cc1C. The van der Waals surface area contributed by atoms with Crippen molar-refractivity contribution in [3.63, 3.8) is 0 Å². The van der Waals surface area contributed by atoms with Crippen molar-refractivity contribution in [2.24, 2.45) is 0 Å². The van der Waals surface area contributed by atoms with E-state index in [1.165, 1.54) is 24.8 Å². The third-order valence-electron chi connectivity index (χ3n) is 3.92. The second-order valence-corrected chi connectivity index (χ2v) is 8.97. The van der Waals surface area contributed by atoms with Gasteiger partial charge in [0.25, 0.3) is 10.0 Å². The minimum absolute atomic E-state index is 0.138. The summed E-state index contributed by atoms with van der Waals surface area (Å²) in [5.41, 5.74) is 1.77. The van der Waals surface area contributed by atoms with E-state index in [-0.39, 0.29) is 10.8 Å². The van der Waals surface area contributed by atoms with Gasteiger partial charge in [0, 0.05) is 22.4 Å². The molecule has 0 saturated carbocycles. The van der Waals surface area contributed by atoms with Crippen molar-refractivity contribution in [2.45, 2.75) is 28.5 Å². The van der Waals surface area contributed by atoms with Gasteiger partial charge >= 0.3 is 0 Å². The van der Waals surface area contributed by atoms with Gasteiger partial charge in [-0.2, -0.15) is 0 Å². The van der Waals surface area contributed by atoms with Gasteiger partial charge in [-0.1, -0.05) is 42.1 Å². The summed E-state index contributed by atoms with van der Waals surface area (Å²) in [4.78, 5) is 13.2. The van der Waals surface area contributed by atoms with E-state index in [0.29, 0.717) is 16.9 Å². The number of carbonyl (C=O) groups excluding carboxylic acids is 1. The van der Waals surface area contributed by atoms with Gasteiger partial charge in [-0.15, -0.1) is 0 Å². The standard InChI is InChI=1S/C21H20N2O3S2/c1-15-14-18(12-13-19(15)22-16(2)24)28(25,26)23-20-10-6-7-11-21(20)27-17-8-4-3-5-9-17/h3-14,23H,1-2H3,(H,22,24). The third kappa shape index (κ3) is 4.94. The normalized spacial score (nSPS) is 11.1. The number of para-hydroxylation sites is 1. The molecule has 0 aliphatic rings. The van der Waals surface area contributed by atoms with Crippen molar-refractivity contribution < 1.29 is 13.2 Å². The second-order valence-electron chi connectivity index (χ2n) is 6.17. The molecule has 3 rings (SSSR count). The van der Waals surface area contributed by atoms with Crippen LogP contribution < -0.4 is 10.0 Å².